The molecule has 0 unspecified atom stereocenters. The Morgan fingerprint density at radius 2 is 1.96 bits per heavy atom. The summed E-state index contributed by atoms with van der Waals surface area (Å²) < 4.78 is 32.9. The summed E-state index contributed by atoms with van der Waals surface area (Å²) in [5.74, 6) is 0.513. The van der Waals surface area contributed by atoms with Crippen molar-refractivity contribution in [3.63, 3.8) is 0 Å². The summed E-state index contributed by atoms with van der Waals surface area (Å²) in [5, 5.41) is 0. The molecular formula is C16H16BrN3O4S. The molecule has 1 aromatic heterocycles. The largest absolute Gasteiger partial charge is 0.490 e. The van der Waals surface area contributed by atoms with Crippen molar-refractivity contribution in [2.75, 3.05) is 16.3 Å². The SMILES string of the molecule is CC(C)Oc1cc2c(cc1Br)S(=O)(=O)N(c1ccccn1)C(=O)N2C. The van der Waals surface area contributed by atoms with Gasteiger partial charge in [0, 0.05) is 19.3 Å². The Labute approximate surface area is 154 Å². The van der Waals surface area contributed by atoms with Crippen LogP contribution >= 0.6 is 15.9 Å². The molecule has 3 rings (SSSR count). The molecule has 0 saturated carbocycles. The van der Waals surface area contributed by atoms with E-state index in [1.165, 1.54) is 30.3 Å². The quantitative estimate of drug-likeness (QED) is 0.752. The molecule has 0 fully saturated rings. The van der Waals surface area contributed by atoms with Crippen LogP contribution in [0.3, 0.4) is 0 Å². The molecule has 1 aromatic carbocycles. The summed E-state index contributed by atoms with van der Waals surface area (Å²) in [4.78, 5) is 18.0. The molecule has 25 heavy (non-hydrogen) atoms. The first kappa shape index (κ1) is 17.7. The van der Waals surface area contributed by atoms with Gasteiger partial charge in [0.2, 0.25) is 0 Å². The van der Waals surface area contributed by atoms with Crippen LogP contribution in [0.1, 0.15) is 13.8 Å². The molecule has 0 spiro atoms. The maximum absolute atomic E-state index is 13.0. The number of urea groups is 1. The molecule has 0 atom stereocenters. The number of rotatable bonds is 3. The van der Waals surface area contributed by atoms with Crippen LogP contribution in [0, 0.1) is 0 Å². The van der Waals surface area contributed by atoms with Gasteiger partial charge in [-0.3, -0.25) is 4.90 Å². The first-order valence-electron chi connectivity index (χ1n) is 7.47. The molecule has 0 radical (unpaired) electrons. The lowest BCUT2D eigenvalue weighted by molar-refractivity contribution is 0.240. The Morgan fingerprint density at radius 3 is 2.56 bits per heavy atom. The smallest absolute Gasteiger partial charge is 0.344 e. The second-order valence-corrected chi connectivity index (χ2v) is 8.33. The predicted molar refractivity (Wildman–Crippen MR) is 97.6 cm³/mol. The lowest BCUT2D eigenvalue weighted by atomic mass is 10.2. The number of fused-ring (bicyclic) bond motifs is 1. The normalized spacial score (nSPS) is 16.1. The van der Waals surface area contributed by atoms with E-state index in [0.29, 0.717) is 14.5 Å². The molecule has 0 N–H and O–H groups in total. The number of benzene rings is 1. The number of amides is 2. The van der Waals surface area contributed by atoms with E-state index in [2.05, 4.69) is 20.9 Å². The minimum atomic E-state index is -4.09. The minimum Gasteiger partial charge on any atom is -0.490 e. The van der Waals surface area contributed by atoms with E-state index in [-0.39, 0.29) is 22.5 Å². The number of sulfonamides is 1. The van der Waals surface area contributed by atoms with E-state index in [0.717, 1.165) is 0 Å². The van der Waals surface area contributed by atoms with Gasteiger partial charge in [0.05, 0.1) is 16.3 Å². The highest BCUT2D eigenvalue weighted by Gasteiger charge is 2.42. The zero-order valence-electron chi connectivity index (χ0n) is 13.8. The van der Waals surface area contributed by atoms with E-state index >= 15 is 0 Å². The molecule has 0 aliphatic carbocycles. The highest BCUT2D eigenvalue weighted by Crippen LogP contribution is 2.41. The van der Waals surface area contributed by atoms with Crippen LogP contribution in [-0.4, -0.2) is 32.6 Å². The topological polar surface area (TPSA) is 79.8 Å². The zero-order chi connectivity index (χ0) is 18.4. The van der Waals surface area contributed by atoms with Crippen molar-refractivity contribution in [3.05, 3.63) is 41.0 Å². The monoisotopic (exact) mass is 425 g/mol. The molecule has 2 heterocycles. The van der Waals surface area contributed by atoms with Gasteiger partial charge in [-0.25, -0.2) is 18.2 Å². The standard InChI is InChI=1S/C16H16BrN3O4S/c1-10(2)24-13-9-12-14(8-11(13)17)25(22,23)20(16(21)19(12)3)15-6-4-5-7-18-15/h4-10H,1-3H3. The van der Waals surface area contributed by atoms with Crippen molar-refractivity contribution >= 4 is 43.5 Å². The predicted octanol–water partition coefficient (Wildman–Crippen LogP) is 3.40. The first-order valence-corrected chi connectivity index (χ1v) is 9.71. The van der Waals surface area contributed by atoms with E-state index in [1.54, 1.807) is 18.2 Å². The van der Waals surface area contributed by atoms with Crippen molar-refractivity contribution in [1.29, 1.82) is 0 Å². The molecule has 1 aliphatic rings. The van der Waals surface area contributed by atoms with Crippen molar-refractivity contribution in [3.8, 4) is 5.75 Å². The highest BCUT2D eigenvalue weighted by molar-refractivity contribution is 9.10. The van der Waals surface area contributed by atoms with Crippen LogP contribution in [-0.2, 0) is 10.0 Å². The van der Waals surface area contributed by atoms with E-state index in [9.17, 15) is 13.2 Å². The summed E-state index contributed by atoms with van der Waals surface area (Å²) in [6.45, 7) is 3.72. The van der Waals surface area contributed by atoms with Gasteiger partial charge < -0.3 is 4.74 Å². The van der Waals surface area contributed by atoms with Gasteiger partial charge in [-0.15, -0.1) is 0 Å². The average Bonchev–Trinajstić information content (AvgIpc) is 2.55. The van der Waals surface area contributed by atoms with Gasteiger partial charge in [0.15, 0.2) is 5.82 Å². The van der Waals surface area contributed by atoms with Crippen LogP contribution in [0.15, 0.2) is 45.9 Å². The maximum atomic E-state index is 13.0. The molecule has 9 heteroatoms. The van der Waals surface area contributed by atoms with Gasteiger partial charge in [-0.05, 0) is 48.0 Å². The number of aromatic nitrogens is 1. The number of hydrogen-bond acceptors (Lipinski definition) is 5. The van der Waals surface area contributed by atoms with E-state index in [4.69, 9.17) is 4.74 Å². The Kier molecular flexibility index (Phi) is 4.46. The lowest BCUT2D eigenvalue weighted by Gasteiger charge is -2.34. The molecule has 2 aromatic rings. The summed E-state index contributed by atoms with van der Waals surface area (Å²) >= 11 is 3.34. The van der Waals surface area contributed by atoms with Crippen molar-refractivity contribution in [1.82, 2.24) is 4.98 Å². The summed E-state index contributed by atoms with van der Waals surface area (Å²) in [6.07, 6.45) is 1.34. The Hall–Kier alpha value is -2.13. The summed E-state index contributed by atoms with van der Waals surface area (Å²) in [5.41, 5.74) is 0.260. The van der Waals surface area contributed by atoms with Gasteiger partial charge in [-0.2, -0.15) is 4.31 Å². The number of ether oxygens (including phenoxy) is 1. The number of hydrogen-bond donors (Lipinski definition) is 0. The van der Waals surface area contributed by atoms with E-state index < -0.39 is 16.1 Å². The van der Waals surface area contributed by atoms with Crippen molar-refractivity contribution in [2.24, 2.45) is 0 Å². The third-order valence-electron chi connectivity index (χ3n) is 3.57. The summed E-state index contributed by atoms with van der Waals surface area (Å²) in [6, 6.07) is 7.03. The van der Waals surface area contributed by atoms with Crippen molar-refractivity contribution in [2.45, 2.75) is 24.8 Å². The number of nitrogens with zero attached hydrogens (tertiary/aromatic N) is 3. The third kappa shape index (κ3) is 2.98. The molecule has 2 amide bonds. The number of anilines is 2. The molecular weight excluding hydrogens is 410 g/mol. The summed E-state index contributed by atoms with van der Waals surface area (Å²) in [7, 11) is -2.58. The van der Waals surface area contributed by atoms with Gasteiger partial charge >= 0.3 is 6.03 Å². The second kappa shape index (κ2) is 6.30. The van der Waals surface area contributed by atoms with Crippen LogP contribution in [0.2, 0.25) is 0 Å². The van der Waals surface area contributed by atoms with Gasteiger partial charge in [0.1, 0.15) is 10.6 Å². The third-order valence-corrected chi connectivity index (χ3v) is 5.90. The average molecular weight is 426 g/mol. The second-order valence-electron chi connectivity index (χ2n) is 5.72. The fraction of sp³-hybridized carbons (Fsp3) is 0.250. The van der Waals surface area contributed by atoms with Crippen LogP contribution in [0.5, 0.6) is 5.75 Å². The van der Waals surface area contributed by atoms with Crippen LogP contribution < -0.4 is 13.9 Å². The van der Waals surface area contributed by atoms with Gasteiger partial charge in [-0.1, -0.05) is 6.07 Å². The first-order chi connectivity index (χ1) is 11.7. The van der Waals surface area contributed by atoms with Crippen molar-refractivity contribution < 1.29 is 17.9 Å². The number of carbonyl (C=O) groups is 1. The highest BCUT2D eigenvalue weighted by atomic mass is 79.9. The molecule has 0 bridgehead atoms. The molecule has 132 valence electrons. The number of carbonyl (C=O) groups excluding carboxylic acids is 1. The molecule has 1 aliphatic heterocycles. The fourth-order valence-electron chi connectivity index (χ4n) is 2.47. The zero-order valence-corrected chi connectivity index (χ0v) is 16.2. The van der Waals surface area contributed by atoms with Crippen LogP contribution in [0.4, 0.5) is 16.3 Å². The Balaban J connectivity index is 2.20. The van der Waals surface area contributed by atoms with Crippen LogP contribution in [0.25, 0.3) is 0 Å². The minimum absolute atomic E-state index is 0.00299. The number of pyridine rings is 1. The number of halogens is 1. The maximum Gasteiger partial charge on any atom is 0.344 e. The van der Waals surface area contributed by atoms with E-state index in [1.807, 2.05) is 13.8 Å². The fourth-order valence-corrected chi connectivity index (χ4v) is 4.67. The molecule has 7 nitrogen and oxygen atoms in total. The Morgan fingerprint density at radius 1 is 1.24 bits per heavy atom. The lowest BCUT2D eigenvalue weighted by Crippen LogP contribution is -2.49. The Bertz CT molecular complexity index is 932. The molecule has 0 saturated heterocycles. The van der Waals surface area contributed by atoms with Gasteiger partial charge in [0.25, 0.3) is 10.0 Å².